The van der Waals surface area contributed by atoms with Crippen LogP contribution in [0.1, 0.15) is 53.1 Å². The van der Waals surface area contributed by atoms with Gasteiger partial charge in [0.05, 0.1) is 0 Å². The Morgan fingerprint density at radius 1 is 0.514 bits per heavy atom. The van der Waals surface area contributed by atoms with Gasteiger partial charge in [0.2, 0.25) is 0 Å². The average Bonchev–Trinajstić information content (AvgIpc) is 3.33. The Bertz CT molecular complexity index is 1620. The predicted octanol–water partition coefficient (Wildman–Crippen LogP) is 9.13. The summed E-state index contributed by atoms with van der Waals surface area (Å²) in [5.41, 5.74) is 16.5. The molecule has 0 amide bonds. The molecule has 0 saturated carbocycles. The topological polar surface area (TPSA) is 0 Å². The molecule has 0 fully saturated rings. The molecule has 0 nitrogen and oxygen atoms in total. The van der Waals surface area contributed by atoms with E-state index in [0.29, 0.717) is 5.92 Å². The highest BCUT2D eigenvalue weighted by atomic mass is 14.4. The van der Waals surface area contributed by atoms with Crippen molar-refractivity contribution in [1.29, 1.82) is 0 Å². The third kappa shape index (κ3) is 2.93. The molecule has 0 spiro atoms. The van der Waals surface area contributed by atoms with Gasteiger partial charge in [-0.1, -0.05) is 116 Å². The molecule has 5 aromatic rings. The van der Waals surface area contributed by atoms with Crippen LogP contribution in [0, 0.1) is 6.92 Å². The maximum Gasteiger partial charge on any atom is 0.0352 e. The summed E-state index contributed by atoms with van der Waals surface area (Å²) in [4.78, 5) is 0. The lowest BCUT2D eigenvalue weighted by Gasteiger charge is -2.22. The molecule has 0 radical (unpaired) electrons. The zero-order valence-corrected chi connectivity index (χ0v) is 20.5. The fraction of sp³-hybridized carbons (Fsp3) is 0.143. The highest BCUT2D eigenvalue weighted by molar-refractivity contribution is 5.87. The van der Waals surface area contributed by atoms with E-state index in [-0.39, 0.29) is 5.41 Å². The molecule has 35 heavy (non-hydrogen) atoms. The lowest BCUT2D eigenvalue weighted by molar-refractivity contribution is 0.660. The van der Waals surface area contributed by atoms with E-state index in [4.69, 9.17) is 0 Å². The van der Waals surface area contributed by atoms with Crippen LogP contribution < -0.4 is 0 Å². The second kappa shape index (κ2) is 7.30. The van der Waals surface area contributed by atoms with E-state index in [9.17, 15) is 0 Å². The molecule has 0 heteroatoms. The van der Waals surface area contributed by atoms with Crippen LogP contribution in [0.3, 0.4) is 0 Å². The number of hydrogen-bond donors (Lipinski definition) is 0. The van der Waals surface area contributed by atoms with E-state index in [1.807, 2.05) is 0 Å². The van der Waals surface area contributed by atoms with E-state index >= 15 is 0 Å². The first kappa shape index (κ1) is 20.5. The second-order valence-electron chi connectivity index (χ2n) is 10.7. The second-order valence-corrected chi connectivity index (χ2v) is 10.7. The van der Waals surface area contributed by atoms with E-state index < -0.39 is 0 Å². The number of hydrogen-bond acceptors (Lipinski definition) is 0. The monoisotopic (exact) mass is 448 g/mol. The summed E-state index contributed by atoms with van der Waals surface area (Å²) in [6.07, 6.45) is 0. The van der Waals surface area contributed by atoms with Crippen molar-refractivity contribution < 1.29 is 0 Å². The molecule has 168 valence electrons. The van der Waals surface area contributed by atoms with Gasteiger partial charge in [-0.3, -0.25) is 0 Å². The number of rotatable bonds is 2. The molecule has 1 unspecified atom stereocenters. The molecular formula is C35H28. The van der Waals surface area contributed by atoms with Crippen LogP contribution in [-0.2, 0) is 5.41 Å². The Morgan fingerprint density at radius 2 is 1.14 bits per heavy atom. The van der Waals surface area contributed by atoms with Gasteiger partial charge in [-0.2, -0.15) is 0 Å². The minimum Gasteiger partial charge on any atom is -0.0622 e. The normalized spacial score (nSPS) is 16.4. The van der Waals surface area contributed by atoms with Crippen molar-refractivity contribution >= 4 is 0 Å². The first-order chi connectivity index (χ1) is 17.0. The molecule has 0 aromatic heterocycles. The van der Waals surface area contributed by atoms with Gasteiger partial charge in [0, 0.05) is 11.3 Å². The lowest BCUT2D eigenvalue weighted by Crippen LogP contribution is -2.15. The number of fused-ring (bicyclic) bond motifs is 6. The smallest absolute Gasteiger partial charge is 0.0352 e. The highest BCUT2D eigenvalue weighted by Crippen LogP contribution is 2.51. The number of benzene rings is 5. The van der Waals surface area contributed by atoms with Crippen molar-refractivity contribution in [3.05, 3.63) is 143 Å². The van der Waals surface area contributed by atoms with Crippen molar-refractivity contribution in [2.45, 2.75) is 32.1 Å². The Balaban J connectivity index is 1.37. The molecule has 2 aliphatic carbocycles. The van der Waals surface area contributed by atoms with Gasteiger partial charge < -0.3 is 0 Å². The number of aryl methyl sites for hydroxylation is 1. The van der Waals surface area contributed by atoms with Crippen LogP contribution in [0.25, 0.3) is 33.4 Å². The fourth-order valence-corrected chi connectivity index (χ4v) is 6.42. The molecule has 0 N–H and O–H groups in total. The van der Waals surface area contributed by atoms with Crippen molar-refractivity contribution in [1.82, 2.24) is 0 Å². The molecule has 2 aliphatic rings. The minimum absolute atomic E-state index is 0.00836. The van der Waals surface area contributed by atoms with E-state index in [0.717, 1.165) is 0 Å². The third-order valence-corrected chi connectivity index (χ3v) is 8.22. The molecule has 0 aliphatic heterocycles. The summed E-state index contributed by atoms with van der Waals surface area (Å²) in [5, 5.41) is 0. The first-order valence-electron chi connectivity index (χ1n) is 12.6. The first-order valence-corrected chi connectivity index (χ1v) is 12.6. The van der Waals surface area contributed by atoms with Crippen LogP contribution in [0.4, 0.5) is 0 Å². The standard InChI is InChI=1S/C35H28/c1-22-13-16-27-28-17-14-25(21-33(28)35(2,3)32(27)19-22)24-15-18-30-31(20-24)26-11-7-8-12-29(26)34(30)23-9-5-4-6-10-23/h4-21,34H,1-3H3. The van der Waals surface area contributed by atoms with E-state index in [2.05, 4.69) is 130 Å². The largest absolute Gasteiger partial charge is 0.0622 e. The van der Waals surface area contributed by atoms with E-state index in [1.54, 1.807) is 0 Å². The maximum atomic E-state index is 2.43. The van der Waals surface area contributed by atoms with Crippen LogP contribution in [0.5, 0.6) is 0 Å². The van der Waals surface area contributed by atoms with E-state index in [1.165, 1.54) is 66.8 Å². The van der Waals surface area contributed by atoms with Crippen molar-refractivity contribution in [3.63, 3.8) is 0 Å². The fourth-order valence-electron chi connectivity index (χ4n) is 6.42. The van der Waals surface area contributed by atoms with Crippen LogP contribution in [-0.4, -0.2) is 0 Å². The van der Waals surface area contributed by atoms with Gasteiger partial charge >= 0.3 is 0 Å². The molecule has 7 rings (SSSR count). The Labute approximate surface area is 207 Å². The molecular weight excluding hydrogens is 420 g/mol. The highest BCUT2D eigenvalue weighted by Gasteiger charge is 2.36. The summed E-state index contributed by atoms with van der Waals surface area (Å²) in [6.45, 7) is 6.92. The maximum absolute atomic E-state index is 2.43. The summed E-state index contributed by atoms with van der Waals surface area (Å²) in [5.74, 6) is 0.299. The zero-order valence-electron chi connectivity index (χ0n) is 20.5. The quantitative estimate of drug-likeness (QED) is 0.248. The van der Waals surface area contributed by atoms with Gasteiger partial charge in [-0.05, 0) is 80.3 Å². The molecule has 5 aromatic carbocycles. The Hall–Kier alpha value is -3.90. The van der Waals surface area contributed by atoms with Gasteiger partial charge in [0.15, 0.2) is 0 Å². The Morgan fingerprint density at radius 3 is 1.97 bits per heavy atom. The van der Waals surface area contributed by atoms with Crippen molar-refractivity contribution in [2.75, 3.05) is 0 Å². The SMILES string of the molecule is Cc1ccc2c(c1)C(C)(C)c1cc(-c3ccc4c(c3)-c3ccccc3C4c3ccccc3)ccc1-2. The van der Waals surface area contributed by atoms with Gasteiger partial charge in [0.1, 0.15) is 0 Å². The minimum atomic E-state index is 0.00836. The van der Waals surface area contributed by atoms with Crippen LogP contribution >= 0.6 is 0 Å². The van der Waals surface area contributed by atoms with Gasteiger partial charge in [-0.15, -0.1) is 0 Å². The molecule has 0 saturated heterocycles. The van der Waals surface area contributed by atoms with Gasteiger partial charge in [-0.25, -0.2) is 0 Å². The average molecular weight is 449 g/mol. The lowest BCUT2D eigenvalue weighted by atomic mass is 9.81. The molecule has 0 bridgehead atoms. The third-order valence-electron chi connectivity index (χ3n) is 8.22. The predicted molar refractivity (Wildman–Crippen MR) is 147 cm³/mol. The molecule has 0 heterocycles. The van der Waals surface area contributed by atoms with Gasteiger partial charge in [0.25, 0.3) is 0 Å². The Kier molecular flexibility index (Phi) is 4.27. The van der Waals surface area contributed by atoms with Crippen LogP contribution in [0.15, 0.2) is 109 Å². The molecule has 1 atom stereocenters. The van der Waals surface area contributed by atoms with Crippen LogP contribution in [0.2, 0.25) is 0 Å². The summed E-state index contributed by atoms with van der Waals surface area (Å²) in [7, 11) is 0. The summed E-state index contributed by atoms with van der Waals surface area (Å²) >= 11 is 0. The zero-order chi connectivity index (χ0) is 23.7. The summed E-state index contributed by atoms with van der Waals surface area (Å²) < 4.78 is 0. The van der Waals surface area contributed by atoms with Crippen molar-refractivity contribution in [3.8, 4) is 33.4 Å². The van der Waals surface area contributed by atoms with Crippen molar-refractivity contribution in [2.24, 2.45) is 0 Å². The summed E-state index contributed by atoms with van der Waals surface area (Å²) in [6, 6.07) is 40.9.